The van der Waals surface area contributed by atoms with Gasteiger partial charge >= 0.3 is 0 Å². The lowest BCUT2D eigenvalue weighted by molar-refractivity contribution is -0.154. The largest absolute Gasteiger partial charge is 0.348 e. The van der Waals surface area contributed by atoms with Crippen LogP contribution >= 0.6 is 11.8 Å². The van der Waals surface area contributed by atoms with Crippen molar-refractivity contribution in [3.05, 3.63) is 47.5 Å². The average molecular weight is 675 g/mol. The molecule has 0 bridgehead atoms. The second-order valence-electron chi connectivity index (χ2n) is 16.0. The third-order valence-electron chi connectivity index (χ3n) is 13.1. The number of ether oxygens (including phenoxy) is 1. The van der Waals surface area contributed by atoms with Crippen molar-refractivity contribution in [2.75, 3.05) is 39.8 Å². The van der Waals surface area contributed by atoms with Crippen LogP contribution in [-0.4, -0.2) is 95.3 Å². The minimum Gasteiger partial charge on any atom is -0.348 e. The Kier molecular flexibility index (Phi) is 10.6. The molecule has 1 aromatic carbocycles. The molecule has 1 spiro atoms. The summed E-state index contributed by atoms with van der Waals surface area (Å²) in [5.41, 5.74) is 4.41. The zero-order chi connectivity index (χ0) is 33.3. The number of benzene rings is 1. The highest BCUT2D eigenvalue weighted by molar-refractivity contribution is 8.00. The summed E-state index contributed by atoms with van der Waals surface area (Å²) >= 11 is 2.23. The van der Waals surface area contributed by atoms with Crippen LogP contribution in [0.2, 0.25) is 0 Å². The number of rotatable bonds is 7. The van der Waals surface area contributed by atoms with Crippen LogP contribution in [0.25, 0.3) is 0 Å². The molecule has 9 heteroatoms. The van der Waals surface area contributed by atoms with Crippen molar-refractivity contribution < 1.29 is 9.53 Å². The number of hydrogen-bond donors (Lipinski definition) is 2. The van der Waals surface area contributed by atoms with Gasteiger partial charge in [0.1, 0.15) is 0 Å². The lowest BCUT2D eigenvalue weighted by atomic mass is 9.58. The lowest BCUT2D eigenvalue weighted by Gasteiger charge is -2.64. The van der Waals surface area contributed by atoms with E-state index in [9.17, 15) is 10.1 Å². The molecule has 2 aliphatic carbocycles. The fourth-order valence-electron chi connectivity index (χ4n) is 10.6. The van der Waals surface area contributed by atoms with Gasteiger partial charge in [-0.05, 0) is 95.0 Å². The van der Waals surface area contributed by atoms with Crippen LogP contribution in [0.3, 0.4) is 0 Å². The number of likely N-dealkylation sites (tertiary alicyclic amines) is 1. The third-order valence-corrected chi connectivity index (χ3v) is 14.7. The number of nitriles is 1. The molecule has 3 saturated heterocycles. The number of carbonyl (C=O) groups is 1. The van der Waals surface area contributed by atoms with Crippen LogP contribution < -0.4 is 10.6 Å². The maximum atomic E-state index is 12.9. The van der Waals surface area contributed by atoms with Crippen molar-refractivity contribution in [1.29, 1.82) is 5.26 Å². The SMILES string of the molecule is C=CC(=O)N1CCN(C2NC(OCC3CCCN3C)NC3(C4CCCCCC4)C[C@]4(CCC23)Cc2cc(C)ccc2CS4)CC1CC#N. The number of carbonyl (C=O) groups excluding carboxylic acids is 1. The van der Waals surface area contributed by atoms with Gasteiger partial charge in [0, 0.05) is 47.6 Å². The predicted octanol–water partition coefficient (Wildman–Crippen LogP) is 5.56. The van der Waals surface area contributed by atoms with Crippen LogP contribution in [0.1, 0.15) is 93.7 Å². The van der Waals surface area contributed by atoms with E-state index in [1.54, 1.807) is 5.56 Å². The van der Waals surface area contributed by atoms with Crippen molar-refractivity contribution in [1.82, 2.24) is 25.3 Å². The van der Waals surface area contributed by atoms with Crippen molar-refractivity contribution in [2.45, 2.75) is 131 Å². The molecule has 2 saturated carbocycles. The second-order valence-corrected chi connectivity index (χ2v) is 17.4. The maximum absolute atomic E-state index is 12.9. The van der Waals surface area contributed by atoms with Crippen molar-refractivity contribution in [3.63, 3.8) is 0 Å². The molecule has 0 radical (unpaired) electrons. The first-order valence-corrected chi connectivity index (χ1v) is 19.9. The van der Waals surface area contributed by atoms with E-state index in [0.717, 1.165) is 31.9 Å². The Morgan fingerprint density at radius 3 is 2.69 bits per heavy atom. The molecule has 262 valence electrons. The Morgan fingerprint density at radius 1 is 1.10 bits per heavy atom. The minimum absolute atomic E-state index is 0.0438. The van der Waals surface area contributed by atoms with Gasteiger partial charge in [-0.15, -0.1) is 11.8 Å². The number of nitrogens with one attached hydrogen (secondary N) is 2. The average Bonchev–Trinajstić information content (AvgIpc) is 3.31. The quantitative estimate of drug-likeness (QED) is 0.288. The number of likely N-dealkylation sites (N-methyl/N-ethyl adjacent to an activating group) is 1. The number of aryl methyl sites for hydroxylation is 1. The van der Waals surface area contributed by atoms with E-state index in [1.165, 1.54) is 87.8 Å². The molecule has 2 N–H and O–H groups in total. The first-order chi connectivity index (χ1) is 23.3. The molecule has 6 aliphatic rings. The maximum Gasteiger partial charge on any atom is 0.246 e. The highest BCUT2D eigenvalue weighted by Crippen LogP contribution is 2.57. The summed E-state index contributed by atoms with van der Waals surface area (Å²) in [7, 11) is 2.23. The van der Waals surface area contributed by atoms with Crippen LogP contribution in [0.5, 0.6) is 0 Å². The summed E-state index contributed by atoms with van der Waals surface area (Å²) in [6.45, 7) is 9.99. The molecule has 0 aromatic heterocycles. The van der Waals surface area contributed by atoms with E-state index in [0.29, 0.717) is 37.4 Å². The number of thioether (sulfide) groups is 1. The van der Waals surface area contributed by atoms with Crippen molar-refractivity contribution in [3.8, 4) is 6.07 Å². The normalized spacial score (nSPS) is 36.6. The summed E-state index contributed by atoms with van der Waals surface area (Å²) in [4.78, 5) is 19.8. The van der Waals surface area contributed by atoms with Gasteiger partial charge in [-0.3, -0.25) is 20.3 Å². The fraction of sp³-hybridized carbons (Fsp3) is 0.744. The Hall–Kier alpha value is -1.93. The van der Waals surface area contributed by atoms with Crippen LogP contribution in [0.15, 0.2) is 30.9 Å². The minimum atomic E-state index is -0.232. The number of nitrogens with zero attached hydrogens (tertiary/aromatic N) is 4. The molecular weight excluding hydrogens is 617 g/mol. The van der Waals surface area contributed by atoms with Crippen LogP contribution in [0, 0.1) is 30.1 Å². The molecule has 1 amide bonds. The standard InChI is InChI=1S/C39H58N6O2S/c1-4-35(46)45-21-20-44(24-32(45)16-18-40)36-34-15-17-38(23-30-22-28(2)13-14-29(30)26-48-38)27-39(34,31-10-7-5-6-8-11-31)42-37(41-36)47-25-33-12-9-19-43(33)3/h4,13-14,22,31-34,36-37,41-42H,1,5-12,15-17,19-21,23-27H2,2-3H3/t32?,33?,34?,36?,37?,38-,39?/m0/s1. The van der Waals surface area contributed by atoms with Crippen molar-refractivity contribution >= 4 is 17.7 Å². The molecule has 1 aromatic rings. The Morgan fingerprint density at radius 2 is 1.94 bits per heavy atom. The monoisotopic (exact) mass is 674 g/mol. The smallest absolute Gasteiger partial charge is 0.246 e. The van der Waals surface area contributed by atoms with Gasteiger partial charge in [-0.1, -0.05) is 56.0 Å². The number of fused-ring (bicyclic) bond motifs is 2. The zero-order valence-electron chi connectivity index (χ0n) is 29.4. The lowest BCUT2D eigenvalue weighted by Crippen LogP contribution is -2.79. The summed E-state index contributed by atoms with van der Waals surface area (Å²) in [5, 5.41) is 18.2. The highest BCUT2D eigenvalue weighted by atomic mass is 32.2. The third kappa shape index (κ3) is 6.87. The van der Waals surface area contributed by atoms with E-state index >= 15 is 0 Å². The molecular formula is C39H58N6O2S. The van der Waals surface area contributed by atoms with Gasteiger partial charge in [-0.25, -0.2) is 0 Å². The first-order valence-electron chi connectivity index (χ1n) is 18.9. The van der Waals surface area contributed by atoms with Crippen LogP contribution in [-0.2, 0) is 21.7 Å². The van der Waals surface area contributed by atoms with E-state index in [4.69, 9.17) is 4.74 Å². The molecule has 4 heterocycles. The first kappa shape index (κ1) is 34.5. The van der Waals surface area contributed by atoms with Gasteiger partial charge in [0.05, 0.1) is 31.3 Å². The predicted molar refractivity (Wildman–Crippen MR) is 193 cm³/mol. The summed E-state index contributed by atoms with van der Waals surface area (Å²) in [6.07, 6.45) is 16.7. The molecule has 8 nitrogen and oxygen atoms in total. The topological polar surface area (TPSA) is 83.9 Å². The summed E-state index contributed by atoms with van der Waals surface area (Å²) in [6, 6.07) is 9.83. The van der Waals surface area contributed by atoms with Gasteiger partial charge in [0.2, 0.25) is 5.91 Å². The van der Waals surface area contributed by atoms with Gasteiger partial charge in [0.25, 0.3) is 0 Å². The Bertz CT molecular complexity index is 1360. The molecule has 48 heavy (non-hydrogen) atoms. The van der Waals surface area contributed by atoms with Gasteiger partial charge in [0.15, 0.2) is 6.35 Å². The number of piperazine rings is 1. The molecule has 7 rings (SSSR count). The van der Waals surface area contributed by atoms with E-state index < -0.39 is 0 Å². The van der Waals surface area contributed by atoms with E-state index in [1.807, 2.05) is 4.90 Å². The van der Waals surface area contributed by atoms with E-state index in [2.05, 4.69) is 77.0 Å². The molecule has 4 aliphatic heterocycles. The number of amides is 1. The Labute approximate surface area is 293 Å². The van der Waals surface area contributed by atoms with E-state index in [-0.39, 0.29) is 34.8 Å². The zero-order valence-corrected chi connectivity index (χ0v) is 30.2. The van der Waals surface area contributed by atoms with Gasteiger partial charge in [-0.2, -0.15) is 5.26 Å². The summed E-state index contributed by atoms with van der Waals surface area (Å²) < 4.78 is 7.14. The molecule has 7 atom stereocenters. The van der Waals surface area contributed by atoms with Crippen LogP contribution in [0.4, 0.5) is 0 Å². The summed E-state index contributed by atoms with van der Waals surface area (Å²) in [5.74, 6) is 2.06. The fourth-order valence-corrected chi connectivity index (χ4v) is 12.2. The highest BCUT2D eigenvalue weighted by Gasteiger charge is 2.60. The van der Waals surface area contributed by atoms with Gasteiger partial charge < -0.3 is 14.5 Å². The second kappa shape index (κ2) is 14.7. The molecule has 6 unspecified atom stereocenters. The number of hydrogen-bond acceptors (Lipinski definition) is 8. The van der Waals surface area contributed by atoms with Crippen molar-refractivity contribution in [2.24, 2.45) is 11.8 Å². The Balaban J connectivity index is 1.24. The molecule has 5 fully saturated rings.